The Morgan fingerprint density at radius 3 is 1.72 bits per heavy atom. The summed E-state index contributed by atoms with van der Waals surface area (Å²) in [6.07, 6.45) is 11.4. The van der Waals surface area contributed by atoms with Gasteiger partial charge in [0, 0.05) is 4.91 Å². The van der Waals surface area contributed by atoms with E-state index in [1.54, 1.807) is 0 Å². The Bertz CT molecular complexity index is 351. The second-order valence-corrected chi connectivity index (χ2v) is 6.93. The molecule has 0 saturated carbocycles. The van der Waals surface area contributed by atoms with Gasteiger partial charge in [-0.1, -0.05) is 89.1 Å². The Balaban J connectivity index is 3.53. The molecule has 7 nitrogen and oxygen atoms in total. The lowest BCUT2D eigenvalue weighted by Crippen LogP contribution is -2.49. The molecule has 5 N–H and O–H groups in total. The second-order valence-electron chi connectivity index (χ2n) is 6.93. The van der Waals surface area contributed by atoms with Crippen molar-refractivity contribution in [3.63, 3.8) is 0 Å². The summed E-state index contributed by atoms with van der Waals surface area (Å²) in [5.41, 5.74) is 13.8. The molecule has 0 fully saturated rings. The van der Waals surface area contributed by atoms with Gasteiger partial charge in [0.25, 0.3) is 0 Å². The van der Waals surface area contributed by atoms with Crippen LogP contribution in [0.2, 0.25) is 0 Å². The molecule has 7 heteroatoms. The van der Waals surface area contributed by atoms with Crippen molar-refractivity contribution < 1.29 is 15.3 Å². The van der Waals surface area contributed by atoms with E-state index in [0.29, 0.717) is 6.42 Å². The van der Waals surface area contributed by atoms with E-state index in [2.05, 4.69) is 16.9 Å². The van der Waals surface area contributed by atoms with Gasteiger partial charge >= 0.3 is 0 Å². The van der Waals surface area contributed by atoms with Gasteiger partial charge in [-0.15, -0.1) is 0 Å². The highest BCUT2D eigenvalue weighted by atomic mass is 16.3. The third-order valence-electron chi connectivity index (χ3n) is 4.66. The summed E-state index contributed by atoms with van der Waals surface area (Å²) in [5.74, 6) is 0. The van der Waals surface area contributed by atoms with E-state index in [1.165, 1.54) is 57.8 Å². The number of nitrogens with zero attached hydrogens (tertiary/aromatic N) is 3. The molecular formula is C18H38N4O3. The molecule has 148 valence electrons. The minimum atomic E-state index is -1.53. The Labute approximate surface area is 152 Å². The number of aliphatic hydroxyl groups excluding tert-OH is 3. The molecule has 0 aromatic heterocycles. The standard InChI is InChI=1S/C18H38N4O3/c1-2-3-4-5-6-7-8-9-10-11-12-13-14-15(23)17(24)16(19)18(25)21-22-20/h15-18,23-25H,2-14,19H2,1H3/t15-,16-,17-,18?/m1/s1. The lowest BCUT2D eigenvalue weighted by atomic mass is 9.99. The van der Waals surface area contributed by atoms with Gasteiger partial charge in [0.15, 0.2) is 6.23 Å². The van der Waals surface area contributed by atoms with Crippen molar-refractivity contribution in [1.82, 2.24) is 0 Å². The van der Waals surface area contributed by atoms with Crippen LogP contribution in [0.15, 0.2) is 5.11 Å². The van der Waals surface area contributed by atoms with Crippen molar-refractivity contribution >= 4 is 0 Å². The van der Waals surface area contributed by atoms with E-state index < -0.39 is 24.5 Å². The van der Waals surface area contributed by atoms with Crippen LogP contribution in [0.5, 0.6) is 0 Å². The topological polar surface area (TPSA) is 135 Å². The van der Waals surface area contributed by atoms with E-state index in [1.807, 2.05) is 0 Å². The van der Waals surface area contributed by atoms with Gasteiger partial charge in [0.1, 0.15) is 0 Å². The van der Waals surface area contributed by atoms with E-state index in [4.69, 9.17) is 11.3 Å². The number of hydrogen-bond acceptors (Lipinski definition) is 5. The number of azide groups is 1. The van der Waals surface area contributed by atoms with Crippen LogP contribution in [0, 0.1) is 0 Å². The van der Waals surface area contributed by atoms with Gasteiger partial charge in [-0.25, -0.2) is 0 Å². The highest BCUT2D eigenvalue weighted by Gasteiger charge is 2.27. The highest BCUT2D eigenvalue weighted by molar-refractivity contribution is 4.83. The second kappa shape index (κ2) is 16.6. The molecule has 0 bridgehead atoms. The predicted molar refractivity (Wildman–Crippen MR) is 101 cm³/mol. The zero-order valence-electron chi connectivity index (χ0n) is 15.8. The maximum atomic E-state index is 9.89. The molecule has 25 heavy (non-hydrogen) atoms. The van der Waals surface area contributed by atoms with Crippen molar-refractivity contribution in [2.45, 2.75) is 115 Å². The zero-order valence-corrected chi connectivity index (χ0v) is 15.8. The monoisotopic (exact) mass is 358 g/mol. The maximum Gasteiger partial charge on any atom is 0.150 e. The van der Waals surface area contributed by atoms with Gasteiger partial charge in [-0.05, 0) is 12.0 Å². The normalized spacial score (nSPS) is 16.0. The average Bonchev–Trinajstić information content (AvgIpc) is 2.61. The first-order valence-corrected chi connectivity index (χ1v) is 9.88. The average molecular weight is 359 g/mol. The van der Waals surface area contributed by atoms with Gasteiger partial charge in [0.2, 0.25) is 0 Å². The van der Waals surface area contributed by atoms with Crippen molar-refractivity contribution in [2.75, 3.05) is 0 Å². The zero-order chi connectivity index (χ0) is 18.9. The first-order chi connectivity index (χ1) is 12.0. The van der Waals surface area contributed by atoms with Gasteiger partial charge in [-0.2, -0.15) is 0 Å². The van der Waals surface area contributed by atoms with Crippen molar-refractivity contribution in [3.05, 3.63) is 10.4 Å². The third-order valence-corrected chi connectivity index (χ3v) is 4.66. The molecule has 0 aromatic carbocycles. The lowest BCUT2D eigenvalue weighted by molar-refractivity contribution is -0.0299. The number of hydrogen-bond donors (Lipinski definition) is 4. The third kappa shape index (κ3) is 13.1. The molecular weight excluding hydrogens is 320 g/mol. The molecule has 0 aliphatic carbocycles. The van der Waals surface area contributed by atoms with Crippen LogP contribution >= 0.6 is 0 Å². The minimum Gasteiger partial charge on any atom is -0.390 e. The van der Waals surface area contributed by atoms with E-state index in [-0.39, 0.29) is 0 Å². The molecule has 0 saturated heterocycles. The summed E-state index contributed by atoms with van der Waals surface area (Å²) in [4.78, 5) is 2.44. The van der Waals surface area contributed by atoms with Crippen LogP contribution in [-0.4, -0.2) is 39.8 Å². The molecule has 0 amide bonds. The molecule has 0 spiro atoms. The van der Waals surface area contributed by atoms with Crippen LogP contribution in [0.1, 0.15) is 90.4 Å². The Morgan fingerprint density at radius 2 is 1.28 bits per heavy atom. The molecule has 0 heterocycles. The molecule has 4 atom stereocenters. The lowest BCUT2D eigenvalue weighted by Gasteiger charge is -2.25. The summed E-state index contributed by atoms with van der Waals surface area (Å²) in [6.45, 7) is 2.24. The molecule has 0 aliphatic heterocycles. The summed E-state index contributed by atoms with van der Waals surface area (Å²) in [5, 5.41) is 32.2. The SMILES string of the molecule is CCCCCCCCCCCCCC[C@@H](O)[C@@H](O)[C@@H](N)C(O)N=[N+]=[N-]. The van der Waals surface area contributed by atoms with Crippen LogP contribution in [0.3, 0.4) is 0 Å². The fourth-order valence-electron chi connectivity index (χ4n) is 2.93. The van der Waals surface area contributed by atoms with E-state index in [9.17, 15) is 15.3 Å². The fraction of sp³-hybridized carbons (Fsp3) is 1.00. The van der Waals surface area contributed by atoms with Gasteiger partial charge in [-0.3, -0.25) is 0 Å². The van der Waals surface area contributed by atoms with Gasteiger partial charge < -0.3 is 21.1 Å². The summed E-state index contributed by atoms with van der Waals surface area (Å²) >= 11 is 0. The van der Waals surface area contributed by atoms with Gasteiger partial charge in [0.05, 0.1) is 18.2 Å². The molecule has 0 aromatic rings. The highest BCUT2D eigenvalue weighted by Crippen LogP contribution is 2.15. The molecule has 1 unspecified atom stereocenters. The number of rotatable bonds is 17. The summed E-state index contributed by atoms with van der Waals surface area (Å²) in [7, 11) is 0. The van der Waals surface area contributed by atoms with Crippen LogP contribution in [0.4, 0.5) is 0 Å². The van der Waals surface area contributed by atoms with Crippen LogP contribution < -0.4 is 5.73 Å². The molecule has 0 aliphatic rings. The first-order valence-electron chi connectivity index (χ1n) is 9.88. The molecule has 0 radical (unpaired) electrons. The number of unbranched alkanes of at least 4 members (excludes halogenated alkanes) is 11. The van der Waals surface area contributed by atoms with E-state index >= 15 is 0 Å². The Morgan fingerprint density at radius 1 is 0.840 bits per heavy atom. The number of aliphatic hydroxyl groups is 3. The van der Waals surface area contributed by atoms with Crippen LogP contribution in [0.25, 0.3) is 10.4 Å². The fourth-order valence-corrected chi connectivity index (χ4v) is 2.93. The van der Waals surface area contributed by atoms with Crippen molar-refractivity contribution in [2.24, 2.45) is 10.8 Å². The summed E-state index contributed by atoms with van der Waals surface area (Å²) < 4.78 is 0. The smallest absolute Gasteiger partial charge is 0.150 e. The predicted octanol–water partition coefficient (Wildman–Crippen LogP) is 3.76. The quantitative estimate of drug-likeness (QED) is 0.136. The maximum absolute atomic E-state index is 9.89. The van der Waals surface area contributed by atoms with Crippen molar-refractivity contribution in [3.8, 4) is 0 Å². The Kier molecular flexibility index (Phi) is 16.0. The molecule has 0 rings (SSSR count). The first kappa shape index (κ1) is 24.1. The van der Waals surface area contributed by atoms with Crippen molar-refractivity contribution in [1.29, 1.82) is 0 Å². The minimum absolute atomic E-state index is 0.426. The summed E-state index contributed by atoms with van der Waals surface area (Å²) in [6, 6.07) is -1.18. The Hall–Kier alpha value is -0.850. The van der Waals surface area contributed by atoms with Crippen LogP contribution in [-0.2, 0) is 0 Å². The number of nitrogens with two attached hydrogens (primary N) is 1. The van der Waals surface area contributed by atoms with E-state index in [0.717, 1.165) is 19.3 Å². The largest absolute Gasteiger partial charge is 0.390 e.